The number of rotatable bonds is 2. The number of aliphatic imine (C=N–C) groups is 1. The summed E-state index contributed by atoms with van der Waals surface area (Å²) in [4.78, 5) is 32.2. The van der Waals surface area contributed by atoms with Crippen LogP contribution in [0.5, 0.6) is 0 Å². The summed E-state index contributed by atoms with van der Waals surface area (Å²) in [5.74, 6) is -1.49. The van der Waals surface area contributed by atoms with Gasteiger partial charge in [-0.2, -0.15) is 0 Å². The van der Waals surface area contributed by atoms with Crippen molar-refractivity contribution in [1.82, 2.24) is 5.32 Å². The van der Waals surface area contributed by atoms with Crippen molar-refractivity contribution in [2.75, 3.05) is 11.4 Å². The maximum atomic E-state index is 14.4. The third-order valence-electron chi connectivity index (χ3n) is 5.68. The van der Waals surface area contributed by atoms with Crippen LogP contribution < -0.4 is 10.2 Å². The van der Waals surface area contributed by atoms with E-state index in [1.165, 1.54) is 18.4 Å². The van der Waals surface area contributed by atoms with E-state index in [4.69, 9.17) is 4.42 Å². The summed E-state index contributed by atoms with van der Waals surface area (Å²) in [7, 11) is 0. The van der Waals surface area contributed by atoms with Crippen LogP contribution in [0.4, 0.5) is 10.1 Å². The first-order chi connectivity index (χ1) is 14.6. The van der Waals surface area contributed by atoms with E-state index in [9.17, 15) is 14.0 Å². The molecule has 0 bridgehead atoms. The molecule has 2 amide bonds. The molecule has 0 aliphatic carbocycles. The van der Waals surface area contributed by atoms with Crippen LogP contribution >= 0.6 is 0 Å². The molecule has 3 aliphatic rings. The van der Waals surface area contributed by atoms with Crippen LogP contribution in [0.2, 0.25) is 0 Å². The van der Waals surface area contributed by atoms with E-state index in [-0.39, 0.29) is 16.9 Å². The van der Waals surface area contributed by atoms with Crippen LogP contribution in [0.1, 0.15) is 16.7 Å². The van der Waals surface area contributed by atoms with E-state index in [1.807, 2.05) is 17.2 Å². The maximum Gasteiger partial charge on any atom is 0.261 e. The number of imide groups is 1. The molecule has 0 unspecified atom stereocenters. The number of hydrogen-bond acceptors (Lipinski definition) is 5. The molecule has 3 aliphatic heterocycles. The molecule has 30 heavy (non-hydrogen) atoms. The van der Waals surface area contributed by atoms with Gasteiger partial charge in [0.2, 0.25) is 0 Å². The van der Waals surface area contributed by atoms with Gasteiger partial charge in [-0.15, -0.1) is 0 Å². The highest BCUT2D eigenvalue weighted by Crippen LogP contribution is 2.39. The van der Waals surface area contributed by atoms with Crippen LogP contribution in [0.3, 0.4) is 0 Å². The van der Waals surface area contributed by atoms with E-state index in [0.29, 0.717) is 29.7 Å². The first-order valence-electron chi connectivity index (χ1n) is 9.52. The molecular weight excluding hydrogens is 385 g/mol. The fourth-order valence-corrected chi connectivity index (χ4v) is 4.45. The Morgan fingerprint density at radius 2 is 1.93 bits per heavy atom. The molecule has 6 nitrogen and oxygen atoms in total. The van der Waals surface area contributed by atoms with Crippen molar-refractivity contribution < 1.29 is 18.4 Å². The Hall–Kier alpha value is -4.00. The number of fused-ring (bicyclic) bond motifs is 1. The Kier molecular flexibility index (Phi) is 3.38. The van der Waals surface area contributed by atoms with Gasteiger partial charge in [-0.25, -0.2) is 4.39 Å². The van der Waals surface area contributed by atoms with Gasteiger partial charge < -0.3 is 9.32 Å². The fraction of sp³-hybridized carbons (Fsp3) is 0.0870. The number of anilines is 1. The molecule has 146 valence electrons. The number of benzene rings is 2. The van der Waals surface area contributed by atoms with Crippen LogP contribution in [0.25, 0.3) is 16.5 Å². The zero-order valence-corrected chi connectivity index (χ0v) is 15.6. The monoisotopic (exact) mass is 399 g/mol. The summed E-state index contributed by atoms with van der Waals surface area (Å²) in [5.41, 5.74) is 3.74. The van der Waals surface area contributed by atoms with E-state index >= 15 is 0 Å². The Morgan fingerprint density at radius 3 is 2.83 bits per heavy atom. The van der Waals surface area contributed by atoms with Gasteiger partial charge in [0.05, 0.1) is 28.8 Å². The molecule has 0 fully saturated rings. The molecule has 4 heterocycles. The first-order valence-corrected chi connectivity index (χ1v) is 9.52. The average Bonchev–Trinajstić information content (AvgIpc) is 3.39. The molecule has 0 spiro atoms. The normalized spacial score (nSPS) is 17.5. The van der Waals surface area contributed by atoms with Crippen LogP contribution in [-0.2, 0) is 16.0 Å². The smallest absolute Gasteiger partial charge is 0.261 e. The highest BCUT2D eigenvalue weighted by atomic mass is 19.1. The summed E-state index contributed by atoms with van der Waals surface area (Å²) in [6.45, 7) is 0.702. The van der Waals surface area contributed by atoms with Gasteiger partial charge in [0, 0.05) is 35.5 Å². The fourth-order valence-electron chi connectivity index (χ4n) is 4.45. The van der Waals surface area contributed by atoms with Gasteiger partial charge in [-0.1, -0.05) is 18.2 Å². The molecular formula is C23H14FN3O3. The largest absolute Gasteiger partial charge is 0.464 e. The Bertz CT molecular complexity index is 1380. The molecule has 1 N–H and O–H groups in total. The zero-order valence-electron chi connectivity index (χ0n) is 15.6. The lowest BCUT2D eigenvalue weighted by molar-refractivity contribution is -0.123. The molecule has 0 atom stereocenters. The highest BCUT2D eigenvalue weighted by Gasteiger charge is 2.38. The lowest BCUT2D eigenvalue weighted by Crippen LogP contribution is -2.25. The van der Waals surface area contributed by atoms with Gasteiger partial charge in [0.1, 0.15) is 11.4 Å². The Balaban J connectivity index is 1.66. The zero-order chi connectivity index (χ0) is 20.4. The van der Waals surface area contributed by atoms with Crippen LogP contribution in [0, 0.1) is 5.82 Å². The number of furan rings is 1. The SMILES string of the molecule is O=C1NC(=O)C(c2cccc3ccoc23)=C1C1=NC=CN2CCc3cc(F)cc1c32. The number of para-hydroxylation sites is 1. The van der Waals surface area contributed by atoms with Crippen molar-refractivity contribution >= 4 is 39.8 Å². The first kappa shape index (κ1) is 16.9. The van der Waals surface area contributed by atoms with Crippen molar-refractivity contribution in [3.63, 3.8) is 0 Å². The number of carbonyl (C=O) groups is 2. The Labute approximate surface area is 170 Å². The third-order valence-corrected chi connectivity index (χ3v) is 5.68. The quantitative estimate of drug-likeness (QED) is 0.671. The molecule has 2 aromatic carbocycles. The molecule has 1 aromatic heterocycles. The third kappa shape index (κ3) is 2.26. The van der Waals surface area contributed by atoms with Gasteiger partial charge in [-0.3, -0.25) is 19.9 Å². The van der Waals surface area contributed by atoms with Gasteiger partial charge >= 0.3 is 0 Å². The molecule has 6 rings (SSSR count). The van der Waals surface area contributed by atoms with Gasteiger partial charge in [0.25, 0.3) is 11.8 Å². The van der Waals surface area contributed by atoms with E-state index in [2.05, 4.69) is 10.3 Å². The summed E-state index contributed by atoms with van der Waals surface area (Å²) in [5, 5.41) is 3.18. The van der Waals surface area contributed by atoms with Crippen LogP contribution in [-0.4, -0.2) is 24.1 Å². The topological polar surface area (TPSA) is 74.9 Å². The predicted molar refractivity (Wildman–Crippen MR) is 109 cm³/mol. The minimum Gasteiger partial charge on any atom is -0.464 e. The second-order valence-electron chi connectivity index (χ2n) is 7.36. The van der Waals surface area contributed by atoms with Gasteiger partial charge in [-0.05, 0) is 30.2 Å². The number of halogens is 1. The molecule has 0 radical (unpaired) electrons. The number of carbonyl (C=O) groups excluding carboxylic acids is 2. The number of nitrogens with one attached hydrogen (secondary N) is 1. The maximum absolute atomic E-state index is 14.4. The molecule has 3 aromatic rings. The van der Waals surface area contributed by atoms with Crippen LogP contribution in [0.15, 0.2) is 70.0 Å². The lowest BCUT2D eigenvalue weighted by Gasteiger charge is -2.17. The summed E-state index contributed by atoms with van der Waals surface area (Å²) in [6, 6.07) is 10.1. The molecule has 0 saturated carbocycles. The summed E-state index contributed by atoms with van der Waals surface area (Å²) in [6.07, 6.45) is 5.62. The Morgan fingerprint density at radius 1 is 1.07 bits per heavy atom. The number of hydrogen-bond donors (Lipinski definition) is 1. The van der Waals surface area contributed by atoms with E-state index in [1.54, 1.807) is 24.4 Å². The van der Waals surface area contributed by atoms with Crippen molar-refractivity contribution in [3.05, 3.63) is 83.1 Å². The highest BCUT2D eigenvalue weighted by molar-refractivity contribution is 6.48. The lowest BCUT2D eigenvalue weighted by atomic mass is 9.92. The molecule has 0 saturated heterocycles. The van der Waals surface area contributed by atoms with Crippen molar-refractivity contribution in [3.8, 4) is 0 Å². The number of nitrogens with zero attached hydrogens (tertiary/aromatic N) is 2. The van der Waals surface area contributed by atoms with Gasteiger partial charge in [0.15, 0.2) is 0 Å². The van der Waals surface area contributed by atoms with Crippen molar-refractivity contribution in [2.45, 2.75) is 6.42 Å². The minimum absolute atomic E-state index is 0.120. The van der Waals surface area contributed by atoms with E-state index in [0.717, 1.165) is 16.6 Å². The summed E-state index contributed by atoms with van der Waals surface area (Å²) < 4.78 is 20.0. The minimum atomic E-state index is -0.560. The van der Waals surface area contributed by atoms with Crippen molar-refractivity contribution in [2.24, 2.45) is 4.99 Å². The van der Waals surface area contributed by atoms with E-state index < -0.39 is 17.6 Å². The van der Waals surface area contributed by atoms with Crippen molar-refractivity contribution in [1.29, 1.82) is 0 Å². The molecule has 7 heteroatoms. The second-order valence-corrected chi connectivity index (χ2v) is 7.36. The second kappa shape index (κ2) is 6.00. The standard InChI is InChI=1S/C23H14FN3O3/c24-14-10-13-4-7-27-8-6-25-19(16(11-14)20(13)27)18-17(22(28)26-23(18)29)15-3-1-2-12-5-9-30-21(12)15/h1-3,5-6,8-11H,4,7H2,(H,26,28,29). The predicted octanol–water partition coefficient (Wildman–Crippen LogP) is 3.32. The summed E-state index contributed by atoms with van der Waals surface area (Å²) >= 11 is 0. The average molecular weight is 399 g/mol. The number of amides is 2.